The average molecular weight is 377 g/mol. The second-order valence-corrected chi connectivity index (χ2v) is 8.95. The van der Waals surface area contributed by atoms with Crippen LogP contribution in [0.1, 0.15) is 54.4 Å². The lowest BCUT2D eigenvalue weighted by molar-refractivity contribution is 0.0919. The molecule has 0 aromatic carbocycles. The molecule has 8 heteroatoms. The average Bonchev–Trinajstić information content (AvgIpc) is 3.20. The van der Waals surface area contributed by atoms with E-state index in [1.54, 1.807) is 19.1 Å². The van der Waals surface area contributed by atoms with Gasteiger partial charge in [0.05, 0.1) is 28.9 Å². The third-order valence-corrected chi connectivity index (χ3v) is 6.21. The number of pyridine rings is 1. The van der Waals surface area contributed by atoms with Gasteiger partial charge in [0.25, 0.3) is 5.91 Å². The van der Waals surface area contributed by atoms with Crippen LogP contribution in [0.4, 0.5) is 0 Å². The second kappa shape index (κ2) is 7.20. The van der Waals surface area contributed by atoms with Crippen molar-refractivity contribution < 1.29 is 17.6 Å². The number of hydrogen-bond donors (Lipinski definition) is 2. The van der Waals surface area contributed by atoms with Crippen LogP contribution < -0.4 is 10.6 Å². The maximum atomic E-state index is 12.3. The fourth-order valence-electron chi connectivity index (χ4n) is 2.93. The fourth-order valence-corrected chi connectivity index (χ4v) is 3.75. The largest absolute Gasteiger partial charge is 0.454 e. The first-order valence-corrected chi connectivity index (χ1v) is 10.3. The maximum Gasteiger partial charge on any atom is 0.287 e. The SMILES string of the molecule is CCS(=O)(=O)c1ccc(CNC(=O)c2cc3c(o2)C(C(C)C)NC3)nc1. The second-order valence-electron chi connectivity index (χ2n) is 6.67. The molecule has 0 radical (unpaired) electrons. The monoisotopic (exact) mass is 377 g/mol. The number of hydrogen-bond acceptors (Lipinski definition) is 6. The number of carbonyl (C=O) groups is 1. The summed E-state index contributed by atoms with van der Waals surface area (Å²) in [5.41, 5.74) is 1.59. The zero-order valence-corrected chi connectivity index (χ0v) is 15.9. The Morgan fingerprint density at radius 1 is 1.42 bits per heavy atom. The van der Waals surface area contributed by atoms with Crippen LogP contribution in [0.5, 0.6) is 0 Å². The highest BCUT2D eigenvalue weighted by atomic mass is 32.2. The summed E-state index contributed by atoms with van der Waals surface area (Å²) in [6, 6.07) is 5.00. The van der Waals surface area contributed by atoms with E-state index in [1.165, 1.54) is 12.3 Å². The van der Waals surface area contributed by atoms with Crippen LogP contribution in [0.3, 0.4) is 0 Å². The van der Waals surface area contributed by atoms with Crippen LogP contribution in [0.15, 0.2) is 33.7 Å². The van der Waals surface area contributed by atoms with E-state index in [2.05, 4.69) is 29.5 Å². The quantitative estimate of drug-likeness (QED) is 0.800. The Hall–Kier alpha value is -2.19. The fraction of sp³-hybridized carbons (Fsp3) is 0.444. The minimum Gasteiger partial charge on any atom is -0.454 e. The molecule has 1 aliphatic rings. The van der Waals surface area contributed by atoms with Crippen molar-refractivity contribution in [3.63, 3.8) is 0 Å². The Balaban J connectivity index is 1.64. The van der Waals surface area contributed by atoms with Gasteiger partial charge in [0.2, 0.25) is 0 Å². The van der Waals surface area contributed by atoms with E-state index in [-0.39, 0.29) is 34.9 Å². The summed E-state index contributed by atoms with van der Waals surface area (Å²) in [4.78, 5) is 16.6. The zero-order valence-electron chi connectivity index (χ0n) is 15.1. The summed E-state index contributed by atoms with van der Waals surface area (Å²) >= 11 is 0. The summed E-state index contributed by atoms with van der Waals surface area (Å²) in [7, 11) is -3.27. The number of sulfone groups is 1. The van der Waals surface area contributed by atoms with E-state index >= 15 is 0 Å². The van der Waals surface area contributed by atoms with E-state index in [0.29, 0.717) is 18.2 Å². The van der Waals surface area contributed by atoms with Crippen molar-refractivity contribution in [2.24, 2.45) is 5.92 Å². The van der Waals surface area contributed by atoms with E-state index in [9.17, 15) is 13.2 Å². The number of aromatic nitrogens is 1. The van der Waals surface area contributed by atoms with Crippen LogP contribution >= 0.6 is 0 Å². The molecule has 1 atom stereocenters. The predicted octanol–water partition coefficient (Wildman–Crippen LogP) is 2.20. The smallest absolute Gasteiger partial charge is 0.287 e. The first-order chi connectivity index (χ1) is 12.3. The van der Waals surface area contributed by atoms with Crippen molar-refractivity contribution in [3.8, 4) is 0 Å². The number of carbonyl (C=O) groups excluding carboxylic acids is 1. The molecular formula is C18H23N3O4S. The van der Waals surface area contributed by atoms with Gasteiger partial charge in [-0.05, 0) is 24.1 Å². The number of rotatable bonds is 6. The van der Waals surface area contributed by atoms with Gasteiger partial charge in [-0.15, -0.1) is 0 Å². The highest BCUT2D eigenvalue weighted by molar-refractivity contribution is 7.91. The van der Waals surface area contributed by atoms with Crippen LogP contribution in [-0.4, -0.2) is 25.1 Å². The standard InChI is InChI=1S/C18H23N3O4S/c1-4-26(23,24)14-6-5-13(19-10-14)9-21-18(22)15-7-12-8-20-16(11(2)3)17(12)25-15/h5-7,10-11,16,20H,4,8-9H2,1-3H3,(H,21,22). The Morgan fingerprint density at radius 2 is 2.19 bits per heavy atom. The number of nitrogens with zero attached hydrogens (tertiary/aromatic N) is 1. The molecule has 7 nitrogen and oxygen atoms in total. The molecule has 26 heavy (non-hydrogen) atoms. The number of amides is 1. The minimum absolute atomic E-state index is 0.0279. The molecule has 3 heterocycles. The summed E-state index contributed by atoms with van der Waals surface area (Å²) in [5.74, 6) is 1.21. The summed E-state index contributed by atoms with van der Waals surface area (Å²) in [6.45, 7) is 6.68. The van der Waals surface area contributed by atoms with Crippen LogP contribution in [0.2, 0.25) is 0 Å². The molecule has 2 aromatic heterocycles. The Labute approximate surface area is 153 Å². The van der Waals surface area contributed by atoms with Gasteiger partial charge in [-0.3, -0.25) is 9.78 Å². The predicted molar refractivity (Wildman–Crippen MR) is 96.3 cm³/mol. The molecule has 1 unspecified atom stereocenters. The van der Waals surface area contributed by atoms with E-state index in [4.69, 9.17) is 4.42 Å². The van der Waals surface area contributed by atoms with Crippen LogP contribution in [0, 0.1) is 5.92 Å². The molecule has 2 N–H and O–H groups in total. The molecule has 0 spiro atoms. The maximum absolute atomic E-state index is 12.3. The summed E-state index contributed by atoms with van der Waals surface area (Å²) in [5, 5.41) is 6.12. The van der Waals surface area contributed by atoms with Gasteiger partial charge in [-0.2, -0.15) is 0 Å². The van der Waals surface area contributed by atoms with E-state index in [0.717, 1.165) is 11.3 Å². The molecule has 1 aliphatic heterocycles. The van der Waals surface area contributed by atoms with Crippen molar-refractivity contribution in [2.75, 3.05) is 5.75 Å². The van der Waals surface area contributed by atoms with Crippen LogP contribution in [0.25, 0.3) is 0 Å². The molecule has 1 amide bonds. The van der Waals surface area contributed by atoms with Crippen molar-refractivity contribution in [1.82, 2.24) is 15.6 Å². The molecule has 2 aromatic rings. The normalized spacial score (nSPS) is 16.7. The van der Waals surface area contributed by atoms with E-state index in [1.807, 2.05) is 0 Å². The van der Waals surface area contributed by atoms with Crippen LogP contribution in [-0.2, 0) is 22.9 Å². The molecular weight excluding hydrogens is 354 g/mol. The topological polar surface area (TPSA) is 101 Å². The Bertz CT molecular complexity index is 901. The molecule has 3 rings (SSSR count). The Morgan fingerprint density at radius 3 is 2.81 bits per heavy atom. The number of fused-ring (bicyclic) bond motifs is 1. The Kier molecular flexibility index (Phi) is 5.15. The molecule has 0 fully saturated rings. The van der Waals surface area contributed by atoms with Gasteiger partial charge in [0, 0.05) is 18.3 Å². The van der Waals surface area contributed by atoms with Gasteiger partial charge in [-0.25, -0.2) is 8.42 Å². The van der Waals surface area contributed by atoms with Gasteiger partial charge < -0.3 is 15.1 Å². The molecule has 0 aliphatic carbocycles. The van der Waals surface area contributed by atoms with Crippen molar-refractivity contribution >= 4 is 15.7 Å². The molecule has 0 saturated heterocycles. The molecule has 0 bridgehead atoms. The first-order valence-electron chi connectivity index (χ1n) is 8.63. The van der Waals surface area contributed by atoms with Crippen molar-refractivity contribution in [2.45, 2.75) is 44.8 Å². The van der Waals surface area contributed by atoms with Gasteiger partial charge >= 0.3 is 0 Å². The molecule has 140 valence electrons. The third-order valence-electron chi connectivity index (χ3n) is 4.49. The van der Waals surface area contributed by atoms with Crippen molar-refractivity contribution in [3.05, 3.63) is 47.2 Å². The van der Waals surface area contributed by atoms with Crippen molar-refractivity contribution in [1.29, 1.82) is 0 Å². The van der Waals surface area contributed by atoms with E-state index < -0.39 is 9.84 Å². The lowest BCUT2D eigenvalue weighted by Gasteiger charge is -2.13. The molecule has 0 saturated carbocycles. The zero-order chi connectivity index (χ0) is 18.9. The number of furan rings is 1. The van der Waals surface area contributed by atoms with Gasteiger partial charge in [-0.1, -0.05) is 20.8 Å². The first kappa shape index (κ1) is 18.6. The summed E-state index contributed by atoms with van der Waals surface area (Å²) in [6.07, 6.45) is 1.32. The minimum atomic E-state index is -3.27. The van der Waals surface area contributed by atoms with Gasteiger partial charge in [0.15, 0.2) is 15.6 Å². The van der Waals surface area contributed by atoms with Gasteiger partial charge in [0.1, 0.15) is 5.76 Å². The highest BCUT2D eigenvalue weighted by Gasteiger charge is 2.30. The summed E-state index contributed by atoms with van der Waals surface area (Å²) < 4.78 is 29.3. The lowest BCUT2D eigenvalue weighted by Crippen LogP contribution is -2.23. The lowest BCUT2D eigenvalue weighted by atomic mass is 10.0. The highest BCUT2D eigenvalue weighted by Crippen LogP contribution is 2.33. The number of nitrogens with one attached hydrogen (secondary N) is 2. The third kappa shape index (κ3) is 3.66.